The first kappa shape index (κ1) is 17.3. The molecular formula is C22H29N3O. The van der Waals surface area contributed by atoms with Crippen molar-refractivity contribution in [2.24, 2.45) is 5.92 Å². The van der Waals surface area contributed by atoms with Crippen LogP contribution in [0.2, 0.25) is 0 Å². The molecule has 2 aromatic rings. The number of piperidine rings is 1. The highest BCUT2D eigenvalue weighted by Crippen LogP contribution is 2.29. The van der Waals surface area contributed by atoms with Gasteiger partial charge in [-0.2, -0.15) is 0 Å². The van der Waals surface area contributed by atoms with E-state index in [9.17, 15) is 4.79 Å². The number of amides is 1. The normalized spacial score (nSPS) is 21.0. The topological polar surface area (TPSA) is 39.3 Å². The maximum Gasteiger partial charge on any atom is 0.239 e. The Morgan fingerprint density at radius 2 is 1.96 bits per heavy atom. The average molecular weight is 351 g/mol. The molecule has 0 unspecified atom stereocenters. The number of para-hydroxylation sites is 1. The van der Waals surface area contributed by atoms with Crippen LogP contribution in [0.5, 0.6) is 0 Å². The van der Waals surface area contributed by atoms with Crippen LogP contribution in [0, 0.1) is 5.92 Å². The Hall–Kier alpha value is -2.07. The van der Waals surface area contributed by atoms with Crippen molar-refractivity contribution in [3.63, 3.8) is 0 Å². The van der Waals surface area contributed by atoms with Crippen LogP contribution in [0.25, 0.3) is 16.5 Å². The second-order valence-corrected chi connectivity index (χ2v) is 7.91. The van der Waals surface area contributed by atoms with Crippen LogP contribution in [0.3, 0.4) is 0 Å². The predicted octanol–water partition coefficient (Wildman–Crippen LogP) is 3.90. The monoisotopic (exact) mass is 351 g/mol. The minimum atomic E-state index is -0.0239. The molecule has 1 amide bonds. The summed E-state index contributed by atoms with van der Waals surface area (Å²) in [6.07, 6.45) is 7.71. The summed E-state index contributed by atoms with van der Waals surface area (Å²) in [7, 11) is 0. The van der Waals surface area contributed by atoms with Gasteiger partial charge in [-0.05, 0) is 43.7 Å². The second-order valence-electron chi connectivity index (χ2n) is 7.91. The SMILES string of the molecule is CC1CCN(C(=O)[C@H](C)N2CC=C(c3c[nH]c4ccccc34)CC2)CC1. The Balaban J connectivity index is 1.43. The quantitative estimate of drug-likeness (QED) is 0.911. The number of benzene rings is 1. The molecule has 0 aliphatic carbocycles. The number of aromatic amines is 1. The number of H-pyrrole nitrogens is 1. The summed E-state index contributed by atoms with van der Waals surface area (Å²) in [6, 6.07) is 8.43. The van der Waals surface area contributed by atoms with Gasteiger partial charge in [-0.1, -0.05) is 31.2 Å². The third-order valence-corrected chi connectivity index (χ3v) is 6.18. The molecule has 0 spiro atoms. The molecule has 1 atom stereocenters. The molecule has 1 aromatic carbocycles. The molecular weight excluding hydrogens is 322 g/mol. The van der Waals surface area contributed by atoms with Crippen LogP contribution >= 0.6 is 0 Å². The van der Waals surface area contributed by atoms with Crippen LogP contribution in [0.4, 0.5) is 0 Å². The van der Waals surface area contributed by atoms with Gasteiger partial charge in [-0.15, -0.1) is 0 Å². The van der Waals surface area contributed by atoms with Gasteiger partial charge in [0.2, 0.25) is 5.91 Å². The molecule has 4 rings (SSSR count). The summed E-state index contributed by atoms with van der Waals surface area (Å²) in [5.41, 5.74) is 3.89. The fourth-order valence-electron chi connectivity index (χ4n) is 4.27. The van der Waals surface area contributed by atoms with Gasteiger partial charge >= 0.3 is 0 Å². The van der Waals surface area contributed by atoms with E-state index < -0.39 is 0 Å². The van der Waals surface area contributed by atoms with Crippen molar-refractivity contribution in [3.8, 4) is 0 Å². The van der Waals surface area contributed by atoms with Crippen molar-refractivity contribution in [3.05, 3.63) is 42.1 Å². The van der Waals surface area contributed by atoms with E-state index >= 15 is 0 Å². The Morgan fingerprint density at radius 1 is 1.19 bits per heavy atom. The molecule has 2 aliphatic heterocycles. The van der Waals surface area contributed by atoms with Gasteiger partial charge in [0.25, 0.3) is 0 Å². The van der Waals surface area contributed by atoms with Crippen LogP contribution in [0.1, 0.15) is 38.7 Å². The number of hydrogen-bond acceptors (Lipinski definition) is 2. The minimum absolute atomic E-state index is 0.0239. The van der Waals surface area contributed by atoms with E-state index in [1.54, 1.807) is 0 Å². The number of fused-ring (bicyclic) bond motifs is 1. The Labute approximate surface area is 155 Å². The van der Waals surface area contributed by atoms with E-state index in [-0.39, 0.29) is 6.04 Å². The van der Waals surface area contributed by atoms with Gasteiger partial charge in [-0.3, -0.25) is 9.69 Å². The Bertz CT molecular complexity index is 814. The molecule has 1 N–H and O–H groups in total. The van der Waals surface area contributed by atoms with Crippen LogP contribution in [-0.4, -0.2) is 52.9 Å². The molecule has 2 aliphatic rings. The lowest BCUT2D eigenvalue weighted by molar-refractivity contribution is -0.137. The molecule has 4 nitrogen and oxygen atoms in total. The van der Waals surface area contributed by atoms with Gasteiger partial charge in [-0.25, -0.2) is 0 Å². The lowest BCUT2D eigenvalue weighted by atomic mass is 9.97. The average Bonchev–Trinajstić information content (AvgIpc) is 3.12. The number of carbonyl (C=O) groups is 1. The molecule has 1 aromatic heterocycles. The van der Waals surface area contributed by atoms with Gasteiger partial charge in [0.05, 0.1) is 6.04 Å². The van der Waals surface area contributed by atoms with E-state index in [0.717, 1.165) is 51.4 Å². The van der Waals surface area contributed by atoms with Crippen LogP contribution in [0.15, 0.2) is 36.5 Å². The number of nitrogens with one attached hydrogen (secondary N) is 1. The third-order valence-electron chi connectivity index (χ3n) is 6.18. The van der Waals surface area contributed by atoms with Crippen molar-refractivity contribution in [2.45, 2.75) is 39.2 Å². The van der Waals surface area contributed by atoms with Crippen molar-refractivity contribution < 1.29 is 4.79 Å². The number of hydrogen-bond donors (Lipinski definition) is 1. The van der Waals surface area contributed by atoms with E-state index in [0.29, 0.717) is 5.91 Å². The van der Waals surface area contributed by atoms with Crippen molar-refractivity contribution in [1.82, 2.24) is 14.8 Å². The fourth-order valence-corrected chi connectivity index (χ4v) is 4.27. The van der Waals surface area contributed by atoms with Crippen LogP contribution < -0.4 is 0 Å². The zero-order chi connectivity index (χ0) is 18.1. The summed E-state index contributed by atoms with van der Waals surface area (Å²) >= 11 is 0. The molecule has 0 bridgehead atoms. The summed E-state index contributed by atoms with van der Waals surface area (Å²) in [6.45, 7) is 8.01. The van der Waals surface area contributed by atoms with Crippen molar-refractivity contribution >= 4 is 22.4 Å². The number of likely N-dealkylation sites (tertiary alicyclic amines) is 1. The lowest BCUT2D eigenvalue weighted by Crippen LogP contribution is -2.50. The zero-order valence-corrected chi connectivity index (χ0v) is 15.9. The summed E-state index contributed by atoms with van der Waals surface area (Å²) in [5, 5.41) is 1.29. The first-order valence-corrected chi connectivity index (χ1v) is 9.92. The molecule has 138 valence electrons. The van der Waals surface area contributed by atoms with Gasteiger partial charge < -0.3 is 9.88 Å². The maximum absolute atomic E-state index is 12.8. The standard InChI is InChI=1S/C22H29N3O/c1-16-7-11-25(12-8-16)22(26)17(2)24-13-9-18(10-14-24)20-15-23-21-6-4-3-5-19(20)21/h3-6,9,15-17,23H,7-8,10-14H2,1-2H3/t17-/m0/s1. The second kappa shape index (κ2) is 7.28. The third kappa shape index (κ3) is 3.30. The zero-order valence-electron chi connectivity index (χ0n) is 15.9. The molecule has 0 saturated carbocycles. The van der Waals surface area contributed by atoms with Crippen molar-refractivity contribution in [2.75, 3.05) is 26.2 Å². The van der Waals surface area contributed by atoms with Crippen molar-refractivity contribution in [1.29, 1.82) is 0 Å². The minimum Gasteiger partial charge on any atom is -0.361 e. The van der Waals surface area contributed by atoms with Gasteiger partial charge in [0.15, 0.2) is 0 Å². The first-order valence-electron chi connectivity index (χ1n) is 9.92. The maximum atomic E-state index is 12.8. The lowest BCUT2D eigenvalue weighted by Gasteiger charge is -2.37. The van der Waals surface area contributed by atoms with E-state index in [1.165, 1.54) is 22.0 Å². The summed E-state index contributed by atoms with van der Waals surface area (Å²) in [4.78, 5) is 20.6. The van der Waals surface area contributed by atoms with E-state index in [1.807, 2.05) is 0 Å². The molecule has 26 heavy (non-hydrogen) atoms. The summed E-state index contributed by atoms with van der Waals surface area (Å²) in [5.74, 6) is 1.06. The Kier molecular flexibility index (Phi) is 4.86. The molecule has 1 fully saturated rings. The first-order chi connectivity index (χ1) is 12.6. The Morgan fingerprint density at radius 3 is 2.69 bits per heavy atom. The number of rotatable bonds is 3. The van der Waals surface area contributed by atoms with Gasteiger partial charge in [0.1, 0.15) is 0 Å². The number of nitrogens with zero attached hydrogens (tertiary/aromatic N) is 2. The van der Waals surface area contributed by atoms with E-state index in [4.69, 9.17) is 0 Å². The highest BCUT2D eigenvalue weighted by Gasteiger charge is 2.29. The largest absolute Gasteiger partial charge is 0.361 e. The fraction of sp³-hybridized carbons (Fsp3) is 0.500. The van der Waals surface area contributed by atoms with E-state index in [2.05, 4.69) is 65.2 Å². The highest BCUT2D eigenvalue weighted by molar-refractivity contribution is 5.92. The molecule has 0 radical (unpaired) electrons. The smallest absolute Gasteiger partial charge is 0.239 e. The molecule has 4 heteroatoms. The number of carbonyl (C=O) groups excluding carboxylic acids is 1. The highest BCUT2D eigenvalue weighted by atomic mass is 16.2. The number of aromatic nitrogens is 1. The molecule has 1 saturated heterocycles. The molecule has 3 heterocycles. The predicted molar refractivity (Wildman–Crippen MR) is 107 cm³/mol. The summed E-state index contributed by atoms with van der Waals surface area (Å²) < 4.78 is 0. The van der Waals surface area contributed by atoms with Gasteiger partial charge in [0, 0.05) is 48.8 Å². The van der Waals surface area contributed by atoms with Crippen LogP contribution in [-0.2, 0) is 4.79 Å².